The van der Waals surface area contributed by atoms with E-state index in [2.05, 4.69) is 20.6 Å². The molecule has 0 saturated heterocycles. The Morgan fingerprint density at radius 3 is 2.67 bits per heavy atom. The number of carbonyl (C=O) groups is 1. The molecule has 1 heterocycles. The Morgan fingerprint density at radius 2 is 1.96 bits per heavy atom. The molecule has 0 atom stereocenters. The minimum atomic E-state index is -0.243. The van der Waals surface area contributed by atoms with Crippen molar-refractivity contribution in [3.8, 4) is 0 Å². The van der Waals surface area contributed by atoms with Crippen LogP contribution in [0.2, 0.25) is 0 Å². The van der Waals surface area contributed by atoms with Crippen molar-refractivity contribution >= 4 is 17.4 Å². The average molecular weight is 328 g/mol. The van der Waals surface area contributed by atoms with Gasteiger partial charge in [-0.25, -0.2) is 9.97 Å². The third-order valence-corrected chi connectivity index (χ3v) is 3.53. The number of hydrogen-bond donors (Lipinski definition) is 2. The number of nitrogens with one attached hydrogen (secondary N) is 2. The molecule has 6 nitrogen and oxygen atoms in total. The number of ether oxygens (including phenoxy) is 1. The van der Waals surface area contributed by atoms with Gasteiger partial charge < -0.3 is 15.4 Å². The van der Waals surface area contributed by atoms with Crippen LogP contribution in [0.15, 0.2) is 24.3 Å². The fraction of sp³-hybridized carbons (Fsp3) is 0.389. The van der Waals surface area contributed by atoms with E-state index in [0.717, 1.165) is 29.8 Å². The summed E-state index contributed by atoms with van der Waals surface area (Å²) in [4.78, 5) is 21.0. The molecule has 6 heteroatoms. The van der Waals surface area contributed by atoms with Crippen molar-refractivity contribution in [3.05, 3.63) is 46.9 Å². The number of hydrogen-bond acceptors (Lipinski definition) is 5. The second-order valence-corrected chi connectivity index (χ2v) is 5.73. The summed E-state index contributed by atoms with van der Waals surface area (Å²) in [5.74, 6) is 0.953. The maximum Gasteiger partial charge on any atom is 0.274 e. The van der Waals surface area contributed by atoms with Gasteiger partial charge in [0.05, 0.1) is 0 Å². The monoisotopic (exact) mass is 328 g/mol. The molecule has 0 aliphatic rings. The maximum absolute atomic E-state index is 12.5. The first kappa shape index (κ1) is 17.9. The first-order valence-corrected chi connectivity index (χ1v) is 7.96. The fourth-order valence-electron chi connectivity index (χ4n) is 2.35. The van der Waals surface area contributed by atoms with Crippen molar-refractivity contribution < 1.29 is 9.53 Å². The van der Waals surface area contributed by atoms with Crippen LogP contribution in [0.4, 0.5) is 11.5 Å². The van der Waals surface area contributed by atoms with Gasteiger partial charge in [0.1, 0.15) is 17.3 Å². The molecule has 1 amide bonds. The second-order valence-electron chi connectivity index (χ2n) is 5.73. The first-order valence-electron chi connectivity index (χ1n) is 7.96. The molecule has 1 aromatic carbocycles. The van der Waals surface area contributed by atoms with Crippen LogP contribution >= 0.6 is 0 Å². The van der Waals surface area contributed by atoms with Crippen LogP contribution in [0, 0.1) is 20.8 Å². The lowest BCUT2D eigenvalue weighted by atomic mass is 10.1. The molecule has 0 aliphatic heterocycles. The standard InChI is InChI=1S/C18H24N4O2/c1-12-6-7-15(13(2)10-12)22-18(23)16-11-17(21-14(3)20-16)19-8-5-9-24-4/h6-7,10-11H,5,8-9H2,1-4H3,(H,22,23)(H,19,20,21). The van der Waals surface area contributed by atoms with Crippen molar-refractivity contribution in [1.82, 2.24) is 9.97 Å². The van der Waals surface area contributed by atoms with Crippen LogP contribution in [-0.4, -0.2) is 36.1 Å². The van der Waals surface area contributed by atoms with Crippen molar-refractivity contribution in [2.45, 2.75) is 27.2 Å². The van der Waals surface area contributed by atoms with Crippen LogP contribution in [0.3, 0.4) is 0 Å². The van der Waals surface area contributed by atoms with Gasteiger partial charge in [-0.05, 0) is 38.8 Å². The van der Waals surface area contributed by atoms with Crippen molar-refractivity contribution in [3.63, 3.8) is 0 Å². The van der Waals surface area contributed by atoms with Gasteiger partial charge in [-0.3, -0.25) is 4.79 Å². The quantitative estimate of drug-likeness (QED) is 0.764. The van der Waals surface area contributed by atoms with E-state index in [1.165, 1.54) is 0 Å². The maximum atomic E-state index is 12.5. The van der Waals surface area contributed by atoms with Crippen LogP contribution in [0.1, 0.15) is 33.9 Å². The highest BCUT2D eigenvalue weighted by molar-refractivity contribution is 6.03. The molecule has 24 heavy (non-hydrogen) atoms. The molecular weight excluding hydrogens is 304 g/mol. The van der Waals surface area contributed by atoms with Gasteiger partial charge >= 0.3 is 0 Å². The summed E-state index contributed by atoms with van der Waals surface area (Å²) >= 11 is 0. The molecule has 2 N–H and O–H groups in total. The number of nitrogens with zero attached hydrogens (tertiary/aromatic N) is 2. The summed E-state index contributed by atoms with van der Waals surface area (Å²) in [7, 11) is 1.67. The normalized spacial score (nSPS) is 10.5. The molecule has 0 saturated carbocycles. The van der Waals surface area contributed by atoms with Gasteiger partial charge in [-0.15, -0.1) is 0 Å². The van der Waals surface area contributed by atoms with Gasteiger partial charge in [0.15, 0.2) is 0 Å². The van der Waals surface area contributed by atoms with Crippen molar-refractivity contribution in [2.24, 2.45) is 0 Å². The highest BCUT2D eigenvalue weighted by Crippen LogP contribution is 2.17. The molecule has 0 fully saturated rings. The molecule has 0 bridgehead atoms. The number of rotatable bonds is 7. The predicted octanol–water partition coefficient (Wildman–Crippen LogP) is 3.10. The molecule has 2 rings (SSSR count). The number of aromatic nitrogens is 2. The summed E-state index contributed by atoms with van der Waals surface area (Å²) in [6.45, 7) is 7.16. The zero-order valence-electron chi connectivity index (χ0n) is 14.6. The number of carbonyl (C=O) groups excluding carboxylic acids is 1. The molecule has 0 unspecified atom stereocenters. The summed E-state index contributed by atoms with van der Waals surface area (Å²) in [6.07, 6.45) is 0.865. The van der Waals surface area contributed by atoms with E-state index in [9.17, 15) is 4.79 Å². The highest BCUT2D eigenvalue weighted by Gasteiger charge is 2.12. The average Bonchev–Trinajstić information content (AvgIpc) is 2.53. The predicted molar refractivity (Wildman–Crippen MR) is 95.6 cm³/mol. The topological polar surface area (TPSA) is 76.1 Å². The second kappa shape index (κ2) is 8.40. The number of amides is 1. The van der Waals surface area contributed by atoms with E-state index in [0.29, 0.717) is 23.9 Å². The SMILES string of the molecule is COCCCNc1cc(C(=O)Nc2ccc(C)cc2C)nc(C)n1. The van der Waals surface area contributed by atoms with E-state index >= 15 is 0 Å². The zero-order chi connectivity index (χ0) is 17.5. The van der Waals surface area contributed by atoms with Gasteiger partial charge in [-0.2, -0.15) is 0 Å². The van der Waals surface area contributed by atoms with Crippen LogP contribution in [-0.2, 0) is 4.74 Å². The number of methoxy groups -OCH3 is 1. The zero-order valence-corrected chi connectivity index (χ0v) is 14.6. The third kappa shape index (κ3) is 5.03. The van der Waals surface area contributed by atoms with E-state index in [-0.39, 0.29) is 5.91 Å². The van der Waals surface area contributed by atoms with Crippen molar-refractivity contribution in [2.75, 3.05) is 30.9 Å². The molecule has 0 aliphatic carbocycles. The first-order chi connectivity index (χ1) is 11.5. The van der Waals surface area contributed by atoms with Crippen LogP contribution in [0.25, 0.3) is 0 Å². The Bertz CT molecular complexity index is 716. The lowest BCUT2D eigenvalue weighted by molar-refractivity contribution is 0.102. The smallest absolute Gasteiger partial charge is 0.274 e. The van der Waals surface area contributed by atoms with E-state index in [1.807, 2.05) is 32.0 Å². The Morgan fingerprint density at radius 1 is 1.17 bits per heavy atom. The molecule has 2 aromatic rings. The minimum Gasteiger partial charge on any atom is -0.385 e. The molecule has 0 radical (unpaired) electrons. The van der Waals surface area contributed by atoms with Crippen LogP contribution in [0.5, 0.6) is 0 Å². The van der Waals surface area contributed by atoms with Gasteiger partial charge in [0.25, 0.3) is 5.91 Å². The Labute approximate surface area is 142 Å². The van der Waals surface area contributed by atoms with Crippen LogP contribution < -0.4 is 10.6 Å². The van der Waals surface area contributed by atoms with Gasteiger partial charge in [-0.1, -0.05) is 17.7 Å². The summed E-state index contributed by atoms with van der Waals surface area (Å²) in [6, 6.07) is 7.57. The summed E-state index contributed by atoms with van der Waals surface area (Å²) < 4.78 is 5.01. The summed E-state index contributed by atoms with van der Waals surface area (Å²) in [5, 5.41) is 6.09. The number of aryl methyl sites for hydroxylation is 3. The van der Waals surface area contributed by atoms with E-state index in [4.69, 9.17) is 4.74 Å². The lowest BCUT2D eigenvalue weighted by Crippen LogP contribution is -2.17. The molecule has 128 valence electrons. The van der Waals surface area contributed by atoms with Gasteiger partial charge in [0, 0.05) is 32.0 Å². The third-order valence-electron chi connectivity index (χ3n) is 3.53. The Kier molecular flexibility index (Phi) is 6.26. The molecule has 0 spiro atoms. The lowest BCUT2D eigenvalue weighted by Gasteiger charge is -2.11. The van der Waals surface area contributed by atoms with Gasteiger partial charge in [0.2, 0.25) is 0 Å². The van der Waals surface area contributed by atoms with Crippen molar-refractivity contribution in [1.29, 1.82) is 0 Å². The Hall–Kier alpha value is -2.47. The van der Waals surface area contributed by atoms with E-state index < -0.39 is 0 Å². The minimum absolute atomic E-state index is 0.243. The fourth-order valence-corrected chi connectivity index (χ4v) is 2.35. The van der Waals surface area contributed by atoms with E-state index in [1.54, 1.807) is 20.1 Å². The molecular formula is C18H24N4O2. The highest BCUT2D eigenvalue weighted by atomic mass is 16.5. The largest absolute Gasteiger partial charge is 0.385 e. The number of anilines is 2. The Balaban J connectivity index is 2.09. The number of benzene rings is 1. The molecule has 1 aromatic heterocycles. The summed E-state index contributed by atoms with van der Waals surface area (Å²) in [5.41, 5.74) is 3.31.